The number of thiazole rings is 1. The number of carbonyl (C=O) groups is 1. The van der Waals surface area contributed by atoms with Crippen LogP contribution in [0, 0.1) is 6.92 Å². The Balaban J connectivity index is 1.80. The van der Waals surface area contributed by atoms with Gasteiger partial charge in [0.1, 0.15) is 5.76 Å². The summed E-state index contributed by atoms with van der Waals surface area (Å²) in [5, 5.41) is 8.50. The van der Waals surface area contributed by atoms with Crippen LogP contribution in [0.4, 0.5) is 5.13 Å². The molecule has 0 radical (unpaired) electrons. The number of carbonyl (C=O) groups excluding carboxylic acids is 1. The van der Waals surface area contributed by atoms with Crippen molar-refractivity contribution in [1.29, 1.82) is 0 Å². The summed E-state index contributed by atoms with van der Waals surface area (Å²) in [5.41, 5.74) is 0. The van der Waals surface area contributed by atoms with Gasteiger partial charge in [-0.15, -0.1) is 11.3 Å². The molecule has 16 heavy (non-hydrogen) atoms. The fourth-order valence-corrected chi connectivity index (χ4v) is 1.54. The lowest BCUT2D eigenvalue weighted by Gasteiger charge is -2.01. The molecule has 0 aliphatic heterocycles. The molecule has 0 saturated heterocycles. The topological polar surface area (TPSA) is 77.2 Å². The summed E-state index contributed by atoms with van der Waals surface area (Å²) in [6.07, 6.45) is 1.61. The number of hydrogen-bond donors (Lipinski definition) is 1. The highest BCUT2D eigenvalue weighted by Crippen LogP contribution is 2.11. The van der Waals surface area contributed by atoms with Crippen LogP contribution in [0.3, 0.4) is 0 Å². The third-order valence-corrected chi connectivity index (χ3v) is 2.32. The van der Waals surface area contributed by atoms with Crippen LogP contribution in [0.15, 0.2) is 22.2 Å². The minimum absolute atomic E-state index is 0.119. The predicted octanol–water partition coefficient (Wildman–Crippen LogP) is 1.46. The molecule has 0 aliphatic carbocycles. The van der Waals surface area contributed by atoms with E-state index in [2.05, 4.69) is 15.5 Å². The summed E-state index contributed by atoms with van der Waals surface area (Å²) in [5.74, 6) is 0.651. The molecule has 1 amide bonds. The summed E-state index contributed by atoms with van der Waals surface area (Å²) in [4.78, 5) is 15.3. The van der Waals surface area contributed by atoms with Gasteiger partial charge < -0.3 is 9.26 Å². The Morgan fingerprint density at radius 1 is 1.69 bits per heavy atom. The molecule has 2 heterocycles. The molecule has 7 heteroatoms. The fourth-order valence-electron chi connectivity index (χ4n) is 0.992. The minimum atomic E-state index is -0.282. The van der Waals surface area contributed by atoms with Crippen LogP contribution in [-0.2, 0) is 4.79 Å². The zero-order chi connectivity index (χ0) is 11.4. The van der Waals surface area contributed by atoms with Crippen molar-refractivity contribution in [3.8, 4) is 5.88 Å². The van der Waals surface area contributed by atoms with Crippen molar-refractivity contribution in [3.05, 3.63) is 23.4 Å². The van der Waals surface area contributed by atoms with Gasteiger partial charge in [0.25, 0.3) is 11.8 Å². The predicted molar refractivity (Wildman–Crippen MR) is 57.5 cm³/mol. The van der Waals surface area contributed by atoms with E-state index in [1.807, 2.05) is 0 Å². The second kappa shape index (κ2) is 4.75. The van der Waals surface area contributed by atoms with E-state index in [0.717, 1.165) is 0 Å². The quantitative estimate of drug-likeness (QED) is 0.873. The number of hydrogen-bond acceptors (Lipinski definition) is 6. The Morgan fingerprint density at radius 2 is 2.56 bits per heavy atom. The lowest BCUT2D eigenvalue weighted by Crippen LogP contribution is -2.20. The minimum Gasteiger partial charge on any atom is -0.465 e. The van der Waals surface area contributed by atoms with E-state index in [1.165, 1.54) is 11.3 Å². The smallest absolute Gasteiger partial charge is 0.264 e. The summed E-state index contributed by atoms with van der Waals surface area (Å²) in [6.45, 7) is 1.63. The van der Waals surface area contributed by atoms with Crippen LogP contribution in [0.1, 0.15) is 5.76 Å². The van der Waals surface area contributed by atoms with Gasteiger partial charge in [0.05, 0.1) is 0 Å². The average Bonchev–Trinajstić information content (AvgIpc) is 2.87. The zero-order valence-corrected chi connectivity index (χ0v) is 9.28. The normalized spacial score (nSPS) is 10.1. The summed E-state index contributed by atoms with van der Waals surface area (Å²) < 4.78 is 9.88. The second-order valence-corrected chi connectivity index (χ2v) is 3.84. The summed E-state index contributed by atoms with van der Waals surface area (Å²) in [7, 11) is 0. The van der Waals surface area contributed by atoms with Crippen LogP contribution in [0.25, 0.3) is 0 Å². The number of aryl methyl sites for hydroxylation is 1. The highest BCUT2D eigenvalue weighted by Gasteiger charge is 2.07. The summed E-state index contributed by atoms with van der Waals surface area (Å²) in [6, 6.07) is 1.61. The average molecular weight is 239 g/mol. The molecule has 1 N–H and O–H groups in total. The Hall–Kier alpha value is -1.89. The van der Waals surface area contributed by atoms with Crippen molar-refractivity contribution in [2.24, 2.45) is 0 Å². The molecule has 2 rings (SSSR count). The van der Waals surface area contributed by atoms with E-state index in [0.29, 0.717) is 16.8 Å². The van der Waals surface area contributed by atoms with E-state index >= 15 is 0 Å². The van der Waals surface area contributed by atoms with Gasteiger partial charge in [-0.2, -0.15) is 0 Å². The van der Waals surface area contributed by atoms with Gasteiger partial charge in [-0.3, -0.25) is 10.1 Å². The third kappa shape index (κ3) is 2.80. The number of nitrogens with one attached hydrogen (secondary N) is 1. The molecule has 0 bridgehead atoms. The molecule has 0 saturated carbocycles. The Morgan fingerprint density at radius 3 is 3.19 bits per heavy atom. The van der Waals surface area contributed by atoms with Crippen molar-refractivity contribution in [1.82, 2.24) is 10.1 Å². The maximum Gasteiger partial charge on any atom is 0.264 e. The van der Waals surface area contributed by atoms with Crippen LogP contribution in [0.5, 0.6) is 5.88 Å². The highest BCUT2D eigenvalue weighted by atomic mass is 32.1. The van der Waals surface area contributed by atoms with Crippen molar-refractivity contribution in [3.63, 3.8) is 0 Å². The number of amides is 1. The maximum atomic E-state index is 11.4. The van der Waals surface area contributed by atoms with Crippen molar-refractivity contribution in [2.45, 2.75) is 6.92 Å². The van der Waals surface area contributed by atoms with Crippen LogP contribution >= 0.6 is 11.3 Å². The molecule has 2 aromatic rings. The summed E-state index contributed by atoms with van der Waals surface area (Å²) >= 11 is 1.34. The molecule has 2 aromatic heterocycles. The Bertz CT molecular complexity index is 466. The maximum absolute atomic E-state index is 11.4. The first-order valence-corrected chi connectivity index (χ1v) is 5.37. The molecule has 0 atom stereocenters. The Labute approximate surface area is 95.2 Å². The first-order valence-electron chi connectivity index (χ1n) is 4.49. The van der Waals surface area contributed by atoms with Gasteiger partial charge >= 0.3 is 0 Å². The lowest BCUT2D eigenvalue weighted by atomic mass is 10.5. The van der Waals surface area contributed by atoms with Crippen LogP contribution in [0.2, 0.25) is 0 Å². The van der Waals surface area contributed by atoms with Crippen LogP contribution in [-0.4, -0.2) is 22.7 Å². The van der Waals surface area contributed by atoms with Crippen molar-refractivity contribution < 1.29 is 14.1 Å². The van der Waals surface area contributed by atoms with Gasteiger partial charge in [0, 0.05) is 17.6 Å². The third-order valence-electron chi connectivity index (χ3n) is 1.64. The standard InChI is InChI=1S/C9H9N3O3S/c1-6-4-8(12-15-6)14-5-7(13)11-9-10-2-3-16-9/h2-4H,5H2,1H3,(H,10,11,13). The first kappa shape index (κ1) is 10.6. The van der Waals surface area contributed by atoms with Gasteiger partial charge in [-0.05, 0) is 12.1 Å². The van der Waals surface area contributed by atoms with Crippen molar-refractivity contribution >= 4 is 22.4 Å². The molecule has 0 unspecified atom stereocenters. The molecule has 0 aliphatic rings. The van der Waals surface area contributed by atoms with E-state index < -0.39 is 0 Å². The zero-order valence-electron chi connectivity index (χ0n) is 8.47. The number of anilines is 1. The number of ether oxygens (including phenoxy) is 1. The SMILES string of the molecule is Cc1cc(OCC(=O)Nc2nccs2)no1. The molecule has 6 nitrogen and oxygen atoms in total. The van der Waals surface area contributed by atoms with Gasteiger partial charge in [0.2, 0.25) is 0 Å². The largest absolute Gasteiger partial charge is 0.465 e. The number of nitrogens with zero attached hydrogens (tertiary/aromatic N) is 2. The van der Waals surface area contributed by atoms with E-state index in [4.69, 9.17) is 9.26 Å². The monoisotopic (exact) mass is 239 g/mol. The number of aromatic nitrogens is 2. The molecular formula is C9H9N3O3S. The molecule has 0 fully saturated rings. The fraction of sp³-hybridized carbons (Fsp3) is 0.222. The lowest BCUT2D eigenvalue weighted by molar-refractivity contribution is -0.118. The molecular weight excluding hydrogens is 230 g/mol. The van der Waals surface area contributed by atoms with E-state index in [9.17, 15) is 4.79 Å². The van der Waals surface area contributed by atoms with Crippen molar-refractivity contribution in [2.75, 3.05) is 11.9 Å². The second-order valence-electron chi connectivity index (χ2n) is 2.95. The molecule has 0 spiro atoms. The van der Waals surface area contributed by atoms with Gasteiger partial charge in [-0.25, -0.2) is 4.98 Å². The molecule has 0 aromatic carbocycles. The van der Waals surface area contributed by atoms with Gasteiger partial charge in [-0.1, -0.05) is 0 Å². The highest BCUT2D eigenvalue weighted by molar-refractivity contribution is 7.13. The van der Waals surface area contributed by atoms with Gasteiger partial charge in [0.15, 0.2) is 11.7 Å². The Kier molecular flexibility index (Phi) is 3.16. The molecule has 84 valence electrons. The number of rotatable bonds is 4. The first-order chi connectivity index (χ1) is 7.74. The van der Waals surface area contributed by atoms with Crippen LogP contribution < -0.4 is 10.1 Å². The van der Waals surface area contributed by atoms with E-state index in [-0.39, 0.29) is 12.5 Å². The van der Waals surface area contributed by atoms with E-state index in [1.54, 1.807) is 24.6 Å².